The van der Waals surface area contributed by atoms with E-state index in [1.165, 1.54) is 0 Å². The Morgan fingerprint density at radius 1 is 1.54 bits per heavy atom. The zero-order chi connectivity index (χ0) is 10.7. The van der Waals surface area contributed by atoms with Crippen molar-refractivity contribution in [1.29, 1.82) is 0 Å². The van der Waals surface area contributed by atoms with Crippen LogP contribution in [0.15, 0.2) is 24.8 Å². The average molecular weight is 184 g/mol. The molecular weight excluding hydrogens is 164 g/mol. The van der Waals surface area contributed by atoms with Crippen LogP contribution in [-0.2, 0) is 9.53 Å². The summed E-state index contributed by atoms with van der Waals surface area (Å²) in [5.41, 5.74) is 0.469. The van der Waals surface area contributed by atoms with E-state index in [4.69, 9.17) is 4.74 Å². The van der Waals surface area contributed by atoms with Gasteiger partial charge in [-0.1, -0.05) is 26.0 Å². The Kier molecular flexibility index (Phi) is 12.2. The minimum absolute atomic E-state index is 0.284. The molecule has 0 aliphatic rings. The summed E-state index contributed by atoms with van der Waals surface area (Å²) in [7, 11) is 0. The summed E-state index contributed by atoms with van der Waals surface area (Å²) in [4.78, 5) is 10.7. The monoisotopic (exact) mass is 184 g/mol. The van der Waals surface area contributed by atoms with Crippen LogP contribution in [0.1, 0.15) is 33.6 Å². The fourth-order valence-electron chi connectivity index (χ4n) is 0.432. The highest BCUT2D eigenvalue weighted by Gasteiger charge is 2.00. The van der Waals surface area contributed by atoms with E-state index >= 15 is 0 Å². The van der Waals surface area contributed by atoms with Gasteiger partial charge in [0, 0.05) is 5.57 Å². The van der Waals surface area contributed by atoms with Crippen molar-refractivity contribution < 1.29 is 9.53 Å². The van der Waals surface area contributed by atoms with Crippen molar-refractivity contribution in [3.8, 4) is 0 Å². The molecule has 0 saturated carbocycles. The van der Waals surface area contributed by atoms with Gasteiger partial charge in [-0.05, 0) is 20.3 Å². The first-order valence-corrected chi connectivity index (χ1v) is 4.49. The van der Waals surface area contributed by atoms with Crippen LogP contribution in [0.5, 0.6) is 0 Å². The summed E-state index contributed by atoms with van der Waals surface area (Å²) in [5.74, 6) is -0.284. The van der Waals surface area contributed by atoms with Gasteiger partial charge in [-0.15, -0.1) is 6.58 Å². The quantitative estimate of drug-likeness (QED) is 0.290. The molecule has 0 atom stereocenters. The number of hydrogen-bond donors (Lipinski definition) is 0. The number of carbonyl (C=O) groups excluding carboxylic acids is 1. The molecular formula is C11H20O2. The van der Waals surface area contributed by atoms with E-state index in [9.17, 15) is 4.79 Å². The Bertz CT molecular complexity index is 159. The molecule has 0 fully saturated rings. The second-order valence-electron chi connectivity index (χ2n) is 2.68. The predicted octanol–water partition coefficient (Wildman–Crippen LogP) is 3.10. The van der Waals surface area contributed by atoms with E-state index in [1.54, 1.807) is 13.0 Å². The van der Waals surface area contributed by atoms with Gasteiger partial charge in [-0.3, -0.25) is 0 Å². The molecule has 0 aliphatic heterocycles. The van der Waals surface area contributed by atoms with Crippen LogP contribution < -0.4 is 0 Å². The zero-order valence-electron chi connectivity index (χ0n) is 8.93. The third kappa shape index (κ3) is 13.9. The van der Waals surface area contributed by atoms with Gasteiger partial charge in [-0.2, -0.15) is 0 Å². The molecule has 2 nitrogen and oxygen atoms in total. The lowest BCUT2D eigenvalue weighted by molar-refractivity contribution is -0.139. The van der Waals surface area contributed by atoms with Crippen LogP contribution in [0.4, 0.5) is 0 Å². The van der Waals surface area contributed by atoms with Crippen LogP contribution in [-0.4, -0.2) is 12.6 Å². The fourth-order valence-corrected chi connectivity index (χ4v) is 0.432. The molecule has 0 N–H and O–H groups in total. The van der Waals surface area contributed by atoms with Crippen LogP contribution in [0.25, 0.3) is 0 Å². The molecule has 0 spiro atoms. The Morgan fingerprint density at radius 3 is 2.31 bits per heavy atom. The van der Waals surface area contributed by atoms with Crippen LogP contribution >= 0.6 is 0 Å². The van der Waals surface area contributed by atoms with E-state index in [2.05, 4.69) is 20.1 Å². The molecule has 0 aromatic carbocycles. The summed E-state index contributed by atoms with van der Waals surface area (Å²) in [6.07, 6.45) is 3.72. The molecule has 0 aliphatic carbocycles. The van der Waals surface area contributed by atoms with Crippen molar-refractivity contribution in [2.24, 2.45) is 0 Å². The molecule has 0 saturated heterocycles. The lowest BCUT2D eigenvalue weighted by Gasteiger charge is -2.01. The van der Waals surface area contributed by atoms with Crippen molar-refractivity contribution in [2.75, 3.05) is 6.61 Å². The Labute approximate surface area is 81.3 Å². The Morgan fingerprint density at radius 2 is 2.00 bits per heavy atom. The molecule has 76 valence electrons. The number of allylic oxidation sites excluding steroid dienone is 1. The lowest BCUT2D eigenvalue weighted by atomic mass is 10.3. The Balaban J connectivity index is 0. The highest BCUT2D eigenvalue weighted by molar-refractivity contribution is 5.86. The fraction of sp³-hybridized carbons (Fsp3) is 0.545. The number of unbranched alkanes of at least 4 members (excludes halogenated alkanes) is 1. The maximum absolute atomic E-state index is 10.7. The topological polar surface area (TPSA) is 26.3 Å². The molecule has 0 amide bonds. The third-order valence-electron chi connectivity index (χ3n) is 1.08. The van der Waals surface area contributed by atoms with Crippen LogP contribution in [0.3, 0.4) is 0 Å². The maximum Gasteiger partial charge on any atom is 0.333 e. The number of carbonyl (C=O) groups is 1. The summed E-state index contributed by atoms with van der Waals surface area (Å²) >= 11 is 0. The molecule has 0 unspecified atom stereocenters. The second-order valence-corrected chi connectivity index (χ2v) is 2.68. The molecule has 0 rings (SSSR count). The van der Waals surface area contributed by atoms with Crippen molar-refractivity contribution in [1.82, 2.24) is 0 Å². The van der Waals surface area contributed by atoms with Crippen molar-refractivity contribution in [2.45, 2.75) is 33.6 Å². The van der Waals surface area contributed by atoms with Crippen LogP contribution in [0, 0.1) is 0 Å². The lowest BCUT2D eigenvalue weighted by Crippen LogP contribution is -2.05. The summed E-state index contributed by atoms with van der Waals surface area (Å²) in [5, 5.41) is 0. The third-order valence-corrected chi connectivity index (χ3v) is 1.08. The molecule has 0 heterocycles. The Hall–Kier alpha value is -1.05. The number of ether oxygens (including phenoxy) is 1. The number of rotatable bonds is 4. The van der Waals surface area contributed by atoms with Gasteiger partial charge in [0.05, 0.1) is 6.61 Å². The first-order chi connectivity index (χ1) is 6.09. The van der Waals surface area contributed by atoms with Gasteiger partial charge in [0.25, 0.3) is 0 Å². The van der Waals surface area contributed by atoms with Gasteiger partial charge < -0.3 is 4.74 Å². The highest BCUT2D eigenvalue weighted by atomic mass is 16.5. The first kappa shape index (κ1) is 14.5. The van der Waals surface area contributed by atoms with Gasteiger partial charge >= 0.3 is 5.97 Å². The molecule has 0 radical (unpaired) electrons. The molecule has 13 heavy (non-hydrogen) atoms. The minimum Gasteiger partial charge on any atom is -0.462 e. The van der Waals surface area contributed by atoms with Crippen LogP contribution in [0.2, 0.25) is 0 Å². The predicted molar refractivity (Wildman–Crippen MR) is 56.6 cm³/mol. The van der Waals surface area contributed by atoms with E-state index in [0.29, 0.717) is 12.2 Å². The standard InChI is InChI=1S/C8H14O2.C3H6/c1-4-5-6-10-8(9)7(2)3;1-3-2/h2,4-6H2,1,3H3;3H,1H2,2H3. The van der Waals surface area contributed by atoms with E-state index in [0.717, 1.165) is 12.8 Å². The van der Waals surface area contributed by atoms with Gasteiger partial charge in [-0.25, -0.2) is 4.79 Å². The van der Waals surface area contributed by atoms with Crippen molar-refractivity contribution in [3.63, 3.8) is 0 Å². The van der Waals surface area contributed by atoms with Crippen molar-refractivity contribution in [3.05, 3.63) is 24.8 Å². The van der Waals surface area contributed by atoms with E-state index < -0.39 is 0 Å². The normalized spacial score (nSPS) is 7.92. The largest absolute Gasteiger partial charge is 0.462 e. The highest BCUT2D eigenvalue weighted by Crippen LogP contribution is 1.94. The molecule has 0 bridgehead atoms. The zero-order valence-corrected chi connectivity index (χ0v) is 8.93. The van der Waals surface area contributed by atoms with Crippen molar-refractivity contribution >= 4 is 5.97 Å². The summed E-state index contributed by atoms with van der Waals surface area (Å²) in [6, 6.07) is 0. The number of esters is 1. The number of hydrogen-bond acceptors (Lipinski definition) is 2. The molecule has 2 heteroatoms. The van der Waals surface area contributed by atoms with Gasteiger partial charge in [0.1, 0.15) is 0 Å². The summed E-state index contributed by atoms with van der Waals surface area (Å²) in [6.45, 7) is 12.9. The summed E-state index contributed by atoms with van der Waals surface area (Å²) < 4.78 is 4.81. The molecule has 0 aromatic heterocycles. The average Bonchev–Trinajstić information content (AvgIpc) is 2.06. The SMILES string of the molecule is C=C(C)C(=O)OCCCC.C=CC. The van der Waals surface area contributed by atoms with E-state index in [1.807, 2.05) is 6.92 Å². The minimum atomic E-state index is -0.284. The second kappa shape index (κ2) is 11.0. The smallest absolute Gasteiger partial charge is 0.333 e. The first-order valence-electron chi connectivity index (χ1n) is 4.49. The molecule has 0 aromatic rings. The maximum atomic E-state index is 10.7. The van der Waals surface area contributed by atoms with Gasteiger partial charge in [0.15, 0.2) is 0 Å². The van der Waals surface area contributed by atoms with E-state index in [-0.39, 0.29) is 5.97 Å². The van der Waals surface area contributed by atoms with Gasteiger partial charge in [0.2, 0.25) is 0 Å².